The number of carboxylic acid groups (broad SMARTS) is 1. The molecule has 0 unspecified atom stereocenters. The second-order valence-electron chi connectivity index (χ2n) is 4.77. The van der Waals surface area contributed by atoms with Crippen molar-refractivity contribution in [3.05, 3.63) is 23.8 Å². The summed E-state index contributed by atoms with van der Waals surface area (Å²) < 4.78 is 21.2. The van der Waals surface area contributed by atoms with E-state index in [1.54, 1.807) is 20.3 Å². The SMILES string of the molecule is COC[C@H](C)Oc1cc(O[C@@H](C)COC)cc(C(=O)O)c1. The monoisotopic (exact) mass is 298 g/mol. The lowest BCUT2D eigenvalue weighted by molar-refractivity contribution is 0.0690. The van der Waals surface area contributed by atoms with Crippen molar-refractivity contribution >= 4 is 5.97 Å². The predicted molar refractivity (Wildman–Crippen MR) is 77.3 cm³/mol. The van der Waals surface area contributed by atoms with Crippen LogP contribution < -0.4 is 9.47 Å². The lowest BCUT2D eigenvalue weighted by Gasteiger charge is -2.17. The highest BCUT2D eigenvalue weighted by Gasteiger charge is 2.13. The number of methoxy groups -OCH3 is 2. The molecule has 0 aliphatic rings. The van der Waals surface area contributed by atoms with E-state index < -0.39 is 5.97 Å². The summed E-state index contributed by atoms with van der Waals surface area (Å²) in [4.78, 5) is 11.2. The second kappa shape index (κ2) is 8.49. The van der Waals surface area contributed by atoms with Crippen LogP contribution in [-0.4, -0.2) is 50.7 Å². The van der Waals surface area contributed by atoms with Gasteiger partial charge in [-0.15, -0.1) is 0 Å². The third-order valence-corrected chi connectivity index (χ3v) is 2.60. The number of aromatic carboxylic acids is 1. The Morgan fingerprint density at radius 2 is 1.43 bits per heavy atom. The maximum atomic E-state index is 11.2. The molecule has 0 aliphatic heterocycles. The van der Waals surface area contributed by atoms with Gasteiger partial charge in [-0.05, 0) is 26.0 Å². The van der Waals surface area contributed by atoms with E-state index >= 15 is 0 Å². The van der Waals surface area contributed by atoms with Gasteiger partial charge in [-0.3, -0.25) is 0 Å². The Morgan fingerprint density at radius 1 is 1.00 bits per heavy atom. The van der Waals surface area contributed by atoms with Crippen molar-refractivity contribution in [3.63, 3.8) is 0 Å². The van der Waals surface area contributed by atoms with E-state index in [4.69, 9.17) is 24.1 Å². The Morgan fingerprint density at radius 3 is 1.76 bits per heavy atom. The van der Waals surface area contributed by atoms with Gasteiger partial charge in [0.25, 0.3) is 0 Å². The Bertz CT molecular complexity index is 427. The quantitative estimate of drug-likeness (QED) is 0.753. The molecule has 0 saturated heterocycles. The normalized spacial score (nSPS) is 13.5. The highest BCUT2D eigenvalue weighted by molar-refractivity contribution is 5.88. The van der Waals surface area contributed by atoms with Crippen LogP contribution in [0.1, 0.15) is 24.2 Å². The number of benzene rings is 1. The third-order valence-electron chi connectivity index (χ3n) is 2.60. The van der Waals surface area contributed by atoms with Gasteiger partial charge >= 0.3 is 5.97 Å². The molecular weight excluding hydrogens is 276 g/mol. The van der Waals surface area contributed by atoms with E-state index in [1.807, 2.05) is 13.8 Å². The van der Waals surface area contributed by atoms with Crippen molar-refractivity contribution in [2.45, 2.75) is 26.1 Å². The van der Waals surface area contributed by atoms with E-state index in [-0.39, 0.29) is 17.8 Å². The van der Waals surface area contributed by atoms with Gasteiger partial charge in [-0.2, -0.15) is 0 Å². The molecule has 21 heavy (non-hydrogen) atoms. The van der Waals surface area contributed by atoms with Crippen LogP contribution in [0.15, 0.2) is 18.2 Å². The topological polar surface area (TPSA) is 74.2 Å². The molecule has 0 spiro atoms. The summed E-state index contributed by atoms with van der Waals surface area (Å²) in [7, 11) is 3.16. The Balaban J connectivity index is 2.92. The Kier molecular flexibility index (Phi) is 6.98. The molecule has 0 heterocycles. The summed E-state index contributed by atoms with van der Waals surface area (Å²) in [5.41, 5.74) is 0.108. The molecule has 1 rings (SSSR count). The Labute approximate surface area is 124 Å². The number of hydrogen-bond acceptors (Lipinski definition) is 5. The molecule has 0 amide bonds. The first-order valence-electron chi connectivity index (χ1n) is 6.65. The van der Waals surface area contributed by atoms with Crippen LogP contribution in [-0.2, 0) is 9.47 Å². The van der Waals surface area contributed by atoms with Crippen molar-refractivity contribution in [1.82, 2.24) is 0 Å². The van der Waals surface area contributed by atoms with E-state index in [0.29, 0.717) is 24.7 Å². The van der Waals surface area contributed by atoms with Crippen LogP contribution in [0.25, 0.3) is 0 Å². The number of rotatable bonds is 9. The molecule has 6 nitrogen and oxygen atoms in total. The van der Waals surface area contributed by atoms with Gasteiger partial charge in [0, 0.05) is 20.3 Å². The lowest BCUT2D eigenvalue weighted by Crippen LogP contribution is -2.19. The summed E-state index contributed by atoms with van der Waals surface area (Å²) in [6.45, 7) is 4.50. The summed E-state index contributed by atoms with van der Waals surface area (Å²) in [5.74, 6) is -0.178. The van der Waals surface area contributed by atoms with Gasteiger partial charge in [-0.25, -0.2) is 4.79 Å². The van der Waals surface area contributed by atoms with Gasteiger partial charge in [0.15, 0.2) is 0 Å². The molecule has 0 aromatic heterocycles. The molecule has 0 bridgehead atoms. The molecular formula is C15H22O6. The van der Waals surface area contributed by atoms with Gasteiger partial charge < -0.3 is 24.1 Å². The first-order valence-corrected chi connectivity index (χ1v) is 6.65. The van der Waals surface area contributed by atoms with Crippen LogP contribution in [0.2, 0.25) is 0 Å². The second-order valence-corrected chi connectivity index (χ2v) is 4.77. The zero-order valence-electron chi connectivity index (χ0n) is 12.8. The van der Waals surface area contributed by atoms with Gasteiger partial charge in [0.1, 0.15) is 23.7 Å². The average Bonchev–Trinajstić information content (AvgIpc) is 2.38. The summed E-state index contributed by atoms with van der Waals surface area (Å²) >= 11 is 0. The maximum absolute atomic E-state index is 11.2. The average molecular weight is 298 g/mol. The molecule has 0 fully saturated rings. The number of hydrogen-bond donors (Lipinski definition) is 1. The lowest BCUT2D eigenvalue weighted by atomic mass is 10.2. The van der Waals surface area contributed by atoms with Gasteiger partial charge in [0.2, 0.25) is 0 Å². The molecule has 0 aliphatic carbocycles. The summed E-state index contributed by atoms with van der Waals surface area (Å²) in [6, 6.07) is 4.58. The van der Waals surface area contributed by atoms with Crippen molar-refractivity contribution < 1.29 is 28.8 Å². The zero-order chi connectivity index (χ0) is 15.8. The van der Waals surface area contributed by atoms with Crippen molar-refractivity contribution in [1.29, 1.82) is 0 Å². The van der Waals surface area contributed by atoms with Crippen LogP contribution >= 0.6 is 0 Å². The fourth-order valence-electron chi connectivity index (χ4n) is 1.83. The van der Waals surface area contributed by atoms with Crippen LogP contribution in [0.5, 0.6) is 11.5 Å². The fourth-order valence-corrected chi connectivity index (χ4v) is 1.83. The van der Waals surface area contributed by atoms with Crippen LogP contribution in [0.3, 0.4) is 0 Å². The van der Waals surface area contributed by atoms with E-state index in [2.05, 4.69) is 0 Å². The molecule has 0 radical (unpaired) electrons. The molecule has 6 heteroatoms. The molecule has 1 aromatic rings. The number of ether oxygens (including phenoxy) is 4. The van der Waals surface area contributed by atoms with Crippen molar-refractivity contribution in [2.24, 2.45) is 0 Å². The predicted octanol–water partition coefficient (Wildman–Crippen LogP) is 2.21. The van der Waals surface area contributed by atoms with Crippen LogP contribution in [0.4, 0.5) is 0 Å². The first-order chi connectivity index (χ1) is 9.96. The van der Waals surface area contributed by atoms with Gasteiger partial charge in [0.05, 0.1) is 18.8 Å². The minimum Gasteiger partial charge on any atom is -0.488 e. The third kappa shape index (κ3) is 6.01. The van der Waals surface area contributed by atoms with E-state index in [1.165, 1.54) is 12.1 Å². The summed E-state index contributed by atoms with van der Waals surface area (Å²) in [6.07, 6.45) is -0.383. The molecule has 1 N–H and O–H groups in total. The molecule has 2 atom stereocenters. The molecule has 1 aromatic carbocycles. The highest BCUT2D eigenvalue weighted by Crippen LogP contribution is 2.25. The van der Waals surface area contributed by atoms with E-state index in [9.17, 15) is 4.79 Å². The summed E-state index contributed by atoms with van der Waals surface area (Å²) in [5, 5.41) is 9.15. The van der Waals surface area contributed by atoms with Crippen LogP contribution in [0, 0.1) is 0 Å². The molecule has 0 saturated carbocycles. The molecule has 118 valence electrons. The fraction of sp³-hybridized carbons (Fsp3) is 0.533. The largest absolute Gasteiger partial charge is 0.488 e. The minimum atomic E-state index is -1.04. The Hall–Kier alpha value is -1.79. The smallest absolute Gasteiger partial charge is 0.335 e. The number of carbonyl (C=O) groups is 1. The zero-order valence-corrected chi connectivity index (χ0v) is 12.8. The first kappa shape index (κ1) is 17.3. The van der Waals surface area contributed by atoms with Crippen molar-refractivity contribution in [3.8, 4) is 11.5 Å². The van der Waals surface area contributed by atoms with Gasteiger partial charge in [-0.1, -0.05) is 0 Å². The minimum absolute atomic E-state index is 0.108. The number of carboxylic acids is 1. The van der Waals surface area contributed by atoms with Crippen molar-refractivity contribution in [2.75, 3.05) is 27.4 Å². The standard InChI is InChI=1S/C15H22O6/c1-10(8-18-3)20-13-5-12(15(16)17)6-14(7-13)21-11(2)9-19-4/h5-7,10-11H,8-9H2,1-4H3,(H,16,17)/t10-,11-/m0/s1. The van der Waals surface area contributed by atoms with E-state index in [0.717, 1.165) is 0 Å². The highest BCUT2D eigenvalue weighted by atomic mass is 16.5. The maximum Gasteiger partial charge on any atom is 0.335 e.